The molecule has 0 bridgehead atoms. The van der Waals surface area contributed by atoms with Crippen LogP contribution in [0.1, 0.15) is 27.9 Å². The highest BCUT2D eigenvalue weighted by atomic mass is 35.5. The lowest BCUT2D eigenvalue weighted by atomic mass is 10.1. The van der Waals surface area contributed by atoms with Gasteiger partial charge in [-0.2, -0.15) is 0 Å². The van der Waals surface area contributed by atoms with Crippen LogP contribution in [0.25, 0.3) is 0 Å². The number of benzene rings is 2. The fourth-order valence-corrected chi connectivity index (χ4v) is 2.49. The van der Waals surface area contributed by atoms with E-state index >= 15 is 0 Å². The van der Waals surface area contributed by atoms with E-state index in [1.54, 1.807) is 32.3 Å². The van der Waals surface area contributed by atoms with E-state index in [1.807, 2.05) is 32.0 Å². The van der Waals surface area contributed by atoms with Gasteiger partial charge in [-0.25, -0.2) is 0 Å². The van der Waals surface area contributed by atoms with Crippen molar-refractivity contribution in [3.05, 3.63) is 58.1 Å². The molecule has 0 aliphatic carbocycles. The summed E-state index contributed by atoms with van der Waals surface area (Å²) >= 11 is 6.07. The summed E-state index contributed by atoms with van der Waals surface area (Å²) < 4.78 is 5.62. The minimum Gasteiger partial charge on any atom is -0.493 e. The standard InChI is InChI=1S/C20H23ClN2O3/c1-13-5-7-16(11-14(13)2)26-10-9-19(24)22-15-6-8-18(21)17(12-15)20(25)23(3)4/h5-8,11-12H,9-10H2,1-4H3,(H,22,24). The average molecular weight is 375 g/mol. The van der Waals surface area contributed by atoms with Crippen molar-refractivity contribution in [2.24, 2.45) is 0 Å². The second kappa shape index (κ2) is 8.72. The summed E-state index contributed by atoms with van der Waals surface area (Å²) in [5.41, 5.74) is 3.21. The van der Waals surface area contributed by atoms with E-state index in [4.69, 9.17) is 16.3 Å². The van der Waals surface area contributed by atoms with Crippen molar-refractivity contribution in [1.29, 1.82) is 0 Å². The second-order valence-electron chi connectivity index (χ2n) is 6.29. The van der Waals surface area contributed by atoms with Crippen molar-refractivity contribution in [3.63, 3.8) is 0 Å². The van der Waals surface area contributed by atoms with E-state index in [2.05, 4.69) is 5.32 Å². The quantitative estimate of drug-likeness (QED) is 0.829. The Morgan fingerprint density at radius 3 is 2.46 bits per heavy atom. The van der Waals surface area contributed by atoms with Crippen LogP contribution in [-0.4, -0.2) is 37.4 Å². The zero-order valence-corrected chi connectivity index (χ0v) is 16.2. The minimum atomic E-state index is -0.218. The van der Waals surface area contributed by atoms with Crippen molar-refractivity contribution >= 4 is 29.1 Å². The molecule has 0 radical (unpaired) electrons. The summed E-state index contributed by atoms with van der Waals surface area (Å²) in [5.74, 6) is 0.329. The van der Waals surface area contributed by atoms with Gasteiger partial charge in [0.05, 0.1) is 23.6 Å². The van der Waals surface area contributed by atoms with Crippen LogP contribution in [0.3, 0.4) is 0 Å². The lowest BCUT2D eigenvalue weighted by Gasteiger charge is -2.13. The molecule has 0 fully saturated rings. The monoisotopic (exact) mass is 374 g/mol. The van der Waals surface area contributed by atoms with Gasteiger partial charge in [0.15, 0.2) is 0 Å². The predicted octanol–water partition coefficient (Wildman–Crippen LogP) is 4.07. The molecule has 0 unspecified atom stereocenters. The van der Waals surface area contributed by atoms with Gasteiger partial charge in [-0.15, -0.1) is 0 Å². The molecule has 0 aliphatic rings. The van der Waals surface area contributed by atoms with Crippen molar-refractivity contribution < 1.29 is 14.3 Å². The summed E-state index contributed by atoms with van der Waals surface area (Å²) in [6.45, 7) is 4.32. The number of aryl methyl sites for hydroxylation is 2. The van der Waals surface area contributed by atoms with Gasteiger partial charge in [-0.05, 0) is 55.3 Å². The van der Waals surface area contributed by atoms with Crippen LogP contribution >= 0.6 is 11.6 Å². The first kappa shape index (κ1) is 19.8. The molecule has 2 aromatic carbocycles. The number of nitrogens with zero attached hydrogens (tertiary/aromatic N) is 1. The first-order valence-corrected chi connectivity index (χ1v) is 8.67. The lowest BCUT2D eigenvalue weighted by molar-refractivity contribution is -0.116. The number of hydrogen-bond donors (Lipinski definition) is 1. The first-order chi connectivity index (χ1) is 12.3. The van der Waals surface area contributed by atoms with Gasteiger partial charge in [0.25, 0.3) is 5.91 Å². The largest absolute Gasteiger partial charge is 0.493 e. The van der Waals surface area contributed by atoms with Crippen LogP contribution in [0, 0.1) is 13.8 Å². The Balaban J connectivity index is 1.92. The predicted molar refractivity (Wildman–Crippen MR) is 104 cm³/mol. The number of rotatable bonds is 6. The van der Waals surface area contributed by atoms with E-state index in [9.17, 15) is 9.59 Å². The highest BCUT2D eigenvalue weighted by molar-refractivity contribution is 6.34. The second-order valence-corrected chi connectivity index (χ2v) is 6.69. The van der Waals surface area contributed by atoms with Crippen molar-refractivity contribution in [3.8, 4) is 5.75 Å². The van der Waals surface area contributed by atoms with Gasteiger partial charge in [0, 0.05) is 19.8 Å². The Morgan fingerprint density at radius 1 is 1.08 bits per heavy atom. The van der Waals surface area contributed by atoms with Gasteiger partial charge in [-0.1, -0.05) is 17.7 Å². The van der Waals surface area contributed by atoms with Crippen LogP contribution in [0.4, 0.5) is 5.69 Å². The van der Waals surface area contributed by atoms with E-state index in [0.717, 1.165) is 11.3 Å². The molecule has 6 heteroatoms. The third kappa shape index (κ3) is 5.23. The maximum atomic E-state index is 12.1. The minimum absolute atomic E-state index is 0.195. The number of halogens is 1. The molecule has 0 heterocycles. The van der Waals surface area contributed by atoms with Gasteiger partial charge in [-0.3, -0.25) is 9.59 Å². The maximum absolute atomic E-state index is 12.1. The van der Waals surface area contributed by atoms with Crippen molar-refractivity contribution in [1.82, 2.24) is 4.90 Å². The highest BCUT2D eigenvalue weighted by Crippen LogP contribution is 2.22. The topological polar surface area (TPSA) is 58.6 Å². The molecule has 0 saturated heterocycles. The summed E-state index contributed by atoms with van der Waals surface area (Å²) in [6, 6.07) is 10.7. The number of carbonyl (C=O) groups is 2. The number of nitrogens with one attached hydrogen (secondary N) is 1. The average Bonchev–Trinajstić information content (AvgIpc) is 2.59. The van der Waals surface area contributed by atoms with Gasteiger partial charge in [0.1, 0.15) is 5.75 Å². The highest BCUT2D eigenvalue weighted by Gasteiger charge is 2.14. The van der Waals surface area contributed by atoms with E-state index in [-0.39, 0.29) is 24.8 Å². The molecule has 1 N–H and O–H groups in total. The Labute approximate surface area is 158 Å². The van der Waals surface area contributed by atoms with Crippen LogP contribution < -0.4 is 10.1 Å². The summed E-state index contributed by atoms with van der Waals surface area (Å²) in [4.78, 5) is 25.6. The lowest BCUT2D eigenvalue weighted by Crippen LogP contribution is -2.22. The molecular weight excluding hydrogens is 352 g/mol. The Morgan fingerprint density at radius 2 is 1.81 bits per heavy atom. The summed E-state index contributed by atoms with van der Waals surface area (Å²) in [5, 5.41) is 3.11. The Bertz CT molecular complexity index is 819. The molecule has 2 amide bonds. The van der Waals surface area contributed by atoms with Crippen molar-refractivity contribution in [2.75, 3.05) is 26.0 Å². The molecule has 0 atom stereocenters. The molecule has 0 aliphatic heterocycles. The number of amides is 2. The summed E-state index contributed by atoms with van der Waals surface area (Å²) in [7, 11) is 3.29. The molecule has 0 aromatic heterocycles. The van der Waals surface area contributed by atoms with Crippen LogP contribution in [0.2, 0.25) is 5.02 Å². The van der Waals surface area contributed by atoms with Gasteiger partial charge in [0.2, 0.25) is 5.91 Å². The number of ether oxygens (including phenoxy) is 1. The fourth-order valence-electron chi connectivity index (χ4n) is 2.30. The molecule has 26 heavy (non-hydrogen) atoms. The van der Waals surface area contributed by atoms with E-state index < -0.39 is 0 Å². The van der Waals surface area contributed by atoms with E-state index in [0.29, 0.717) is 16.3 Å². The Hall–Kier alpha value is -2.53. The van der Waals surface area contributed by atoms with Crippen molar-refractivity contribution in [2.45, 2.75) is 20.3 Å². The van der Waals surface area contributed by atoms with Gasteiger partial charge >= 0.3 is 0 Å². The fraction of sp³-hybridized carbons (Fsp3) is 0.300. The normalized spacial score (nSPS) is 10.3. The zero-order chi connectivity index (χ0) is 19.3. The molecule has 0 saturated carbocycles. The number of anilines is 1. The third-order valence-corrected chi connectivity index (χ3v) is 4.29. The first-order valence-electron chi connectivity index (χ1n) is 8.29. The SMILES string of the molecule is Cc1ccc(OCCC(=O)Nc2ccc(Cl)c(C(=O)N(C)C)c2)cc1C. The number of carbonyl (C=O) groups excluding carboxylic acids is 2. The molecule has 5 nitrogen and oxygen atoms in total. The molecular formula is C20H23ClN2O3. The zero-order valence-electron chi connectivity index (χ0n) is 15.4. The molecule has 2 rings (SSSR count). The Kier molecular flexibility index (Phi) is 6.64. The molecule has 138 valence electrons. The van der Waals surface area contributed by atoms with Crippen LogP contribution in [0.15, 0.2) is 36.4 Å². The van der Waals surface area contributed by atoms with Crippen LogP contribution in [-0.2, 0) is 4.79 Å². The molecule has 0 spiro atoms. The number of hydrogen-bond acceptors (Lipinski definition) is 3. The van der Waals surface area contributed by atoms with E-state index in [1.165, 1.54) is 10.5 Å². The van der Waals surface area contributed by atoms with Crippen LogP contribution in [0.5, 0.6) is 5.75 Å². The maximum Gasteiger partial charge on any atom is 0.254 e. The third-order valence-electron chi connectivity index (χ3n) is 3.96. The van der Waals surface area contributed by atoms with Gasteiger partial charge < -0.3 is 15.0 Å². The smallest absolute Gasteiger partial charge is 0.254 e. The summed E-state index contributed by atoms with van der Waals surface area (Å²) in [6.07, 6.45) is 0.201. The molecule has 2 aromatic rings.